The predicted molar refractivity (Wildman–Crippen MR) is 130 cm³/mol. The summed E-state index contributed by atoms with van der Waals surface area (Å²) in [5, 5.41) is 0. The van der Waals surface area contributed by atoms with Crippen molar-refractivity contribution in [1.82, 2.24) is 0 Å². The van der Waals surface area contributed by atoms with E-state index in [9.17, 15) is 4.79 Å². The maximum absolute atomic E-state index is 11.7. The molecular formula is C28H38O3. The van der Waals surface area contributed by atoms with Gasteiger partial charge in [0.2, 0.25) is 0 Å². The molecule has 2 aromatic rings. The molecule has 0 aliphatic heterocycles. The van der Waals surface area contributed by atoms with Crippen molar-refractivity contribution in [3.05, 3.63) is 65.2 Å². The zero-order valence-electron chi connectivity index (χ0n) is 19.3. The highest BCUT2D eigenvalue weighted by molar-refractivity contribution is 5.89. The van der Waals surface area contributed by atoms with Gasteiger partial charge in [-0.05, 0) is 48.7 Å². The lowest BCUT2D eigenvalue weighted by Crippen LogP contribution is -2.03. The summed E-state index contributed by atoms with van der Waals surface area (Å²) in [6, 6.07) is 15.6. The fourth-order valence-corrected chi connectivity index (χ4v) is 3.42. The Kier molecular flexibility index (Phi) is 12.2. The lowest BCUT2D eigenvalue weighted by Gasteiger charge is -2.06. The smallest absolute Gasteiger partial charge is 0.338 e. The minimum Gasteiger partial charge on any atom is -0.494 e. The first kappa shape index (κ1) is 24.7. The molecule has 0 saturated heterocycles. The molecule has 2 aromatic carbocycles. The molecule has 0 aromatic heterocycles. The Hall–Kier alpha value is -2.55. The maximum Gasteiger partial charge on any atom is 0.338 e. The van der Waals surface area contributed by atoms with E-state index in [-0.39, 0.29) is 5.97 Å². The van der Waals surface area contributed by atoms with E-state index in [4.69, 9.17) is 9.47 Å². The topological polar surface area (TPSA) is 35.5 Å². The monoisotopic (exact) mass is 422 g/mol. The molecule has 0 saturated carbocycles. The van der Waals surface area contributed by atoms with Crippen molar-refractivity contribution in [3.63, 3.8) is 0 Å². The number of ether oxygens (including phenoxy) is 2. The van der Waals surface area contributed by atoms with Crippen LogP contribution in [0.3, 0.4) is 0 Å². The molecule has 0 amide bonds. The van der Waals surface area contributed by atoms with Crippen LogP contribution in [0.25, 0.3) is 12.2 Å². The first-order chi connectivity index (χ1) is 15.2. The molecule has 0 N–H and O–H groups in total. The average Bonchev–Trinajstić information content (AvgIpc) is 2.80. The Labute approximate surface area is 188 Å². The number of hydrogen-bond acceptors (Lipinski definition) is 3. The summed E-state index contributed by atoms with van der Waals surface area (Å²) in [6.45, 7) is 5.25. The van der Waals surface area contributed by atoms with Gasteiger partial charge >= 0.3 is 5.97 Å². The third-order valence-corrected chi connectivity index (χ3v) is 5.29. The van der Waals surface area contributed by atoms with Crippen LogP contribution >= 0.6 is 0 Å². The molecule has 0 fully saturated rings. The number of rotatable bonds is 15. The second kappa shape index (κ2) is 15.3. The van der Waals surface area contributed by atoms with Gasteiger partial charge in [0, 0.05) is 0 Å². The number of carbonyl (C=O) groups excluding carboxylic acids is 1. The molecule has 168 valence electrons. The van der Waals surface area contributed by atoms with E-state index in [0.717, 1.165) is 29.9 Å². The lowest BCUT2D eigenvalue weighted by atomic mass is 10.1. The van der Waals surface area contributed by atoms with Crippen LogP contribution in [0.4, 0.5) is 0 Å². The molecule has 0 spiro atoms. The largest absolute Gasteiger partial charge is 0.494 e. The highest BCUT2D eigenvalue weighted by Gasteiger charge is 2.04. The zero-order valence-corrected chi connectivity index (χ0v) is 19.3. The SMILES string of the molecule is CCCCCCCCCCCOc1ccc(/C=C/c2ccc(C(=O)OCC)cc2)cc1. The summed E-state index contributed by atoms with van der Waals surface area (Å²) in [7, 11) is 0. The fraction of sp³-hybridized carbons (Fsp3) is 0.464. The van der Waals surface area contributed by atoms with Crippen LogP contribution < -0.4 is 4.74 Å². The number of esters is 1. The minimum absolute atomic E-state index is 0.281. The molecule has 0 radical (unpaired) electrons. The Morgan fingerprint density at radius 2 is 1.23 bits per heavy atom. The summed E-state index contributed by atoms with van der Waals surface area (Å²) >= 11 is 0. The van der Waals surface area contributed by atoms with Crippen molar-refractivity contribution in [2.24, 2.45) is 0 Å². The van der Waals surface area contributed by atoms with E-state index in [2.05, 4.69) is 25.1 Å². The van der Waals surface area contributed by atoms with Crippen LogP contribution in [0.15, 0.2) is 48.5 Å². The quantitative estimate of drug-likeness (QED) is 0.166. The van der Waals surface area contributed by atoms with Crippen molar-refractivity contribution in [2.75, 3.05) is 13.2 Å². The van der Waals surface area contributed by atoms with Crippen molar-refractivity contribution < 1.29 is 14.3 Å². The molecule has 2 rings (SSSR count). The Bertz CT molecular complexity index is 760. The maximum atomic E-state index is 11.7. The van der Waals surface area contributed by atoms with Crippen LogP contribution in [0, 0.1) is 0 Å². The summed E-state index contributed by atoms with van der Waals surface area (Å²) in [5.41, 5.74) is 2.73. The number of carbonyl (C=O) groups is 1. The van der Waals surface area contributed by atoms with Crippen LogP contribution in [0.5, 0.6) is 5.75 Å². The first-order valence-electron chi connectivity index (χ1n) is 11.9. The highest BCUT2D eigenvalue weighted by Crippen LogP contribution is 2.16. The minimum atomic E-state index is -0.281. The average molecular weight is 423 g/mol. The van der Waals surface area contributed by atoms with Crippen LogP contribution in [-0.4, -0.2) is 19.2 Å². The number of unbranched alkanes of at least 4 members (excludes halogenated alkanes) is 8. The molecule has 31 heavy (non-hydrogen) atoms. The zero-order chi connectivity index (χ0) is 22.2. The van der Waals surface area contributed by atoms with E-state index in [1.165, 1.54) is 51.4 Å². The van der Waals surface area contributed by atoms with Gasteiger partial charge in [0.1, 0.15) is 5.75 Å². The molecule has 0 heterocycles. The van der Waals surface area contributed by atoms with Gasteiger partial charge in [0.25, 0.3) is 0 Å². The van der Waals surface area contributed by atoms with Gasteiger partial charge in [-0.2, -0.15) is 0 Å². The van der Waals surface area contributed by atoms with Crippen molar-refractivity contribution in [1.29, 1.82) is 0 Å². The normalized spacial score (nSPS) is 11.0. The lowest BCUT2D eigenvalue weighted by molar-refractivity contribution is 0.0526. The van der Waals surface area contributed by atoms with Crippen molar-refractivity contribution >= 4 is 18.1 Å². The van der Waals surface area contributed by atoms with Gasteiger partial charge in [-0.15, -0.1) is 0 Å². The van der Waals surface area contributed by atoms with Gasteiger partial charge < -0.3 is 9.47 Å². The Morgan fingerprint density at radius 3 is 1.77 bits per heavy atom. The van der Waals surface area contributed by atoms with E-state index in [1.807, 2.05) is 37.3 Å². The number of hydrogen-bond donors (Lipinski definition) is 0. The van der Waals surface area contributed by atoms with E-state index < -0.39 is 0 Å². The second-order valence-electron chi connectivity index (χ2n) is 7.92. The second-order valence-corrected chi connectivity index (χ2v) is 7.92. The Balaban J connectivity index is 1.64. The van der Waals surface area contributed by atoms with Crippen molar-refractivity contribution in [3.8, 4) is 5.75 Å². The van der Waals surface area contributed by atoms with E-state index in [1.54, 1.807) is 12.1 Å². The van der Waals surface area contributed by atoms with Gasteiger partial charge in [-0.1, -0.05) is 94.7 Å². The summed E-state index contributed by atoms with van der Waals surface area (Å²) in [5.74, 6) is 0.645. The van der Waals surface area contributed by atoms with Crippen LogP contribution in [0.2, 0.25) is 0 Å². The third kappa shape index (κ3) is 10.3. The number of benzene rings is 2. The molecule has 3 heteroatoms. The van der Waals surface area contributed by atoms with Crippen molar-refractivity contribution in [2.45, 2.75) is 71.6 Å². The van der Waals surface area contributed by atoms with E-state index in [0.29, 0.717) is 12.2 Å². The Morgan fingerprint density at radius 1 is 0.710 bits per heavy atom. The third-order valence-electron chi connectivity index (χ3n) is 5.29. The summed E-state index contributed by atoms with van der Waals surface area (Å²) in [4.78, 5) is 11.7. The van der Waals surface area contributed by atoms with Gasteiger partial charge in [0.05, 0.1) is 18.8 Å². The molecule has 3 nitrogen and oxygen atoms in total. The van der Waals surface area contributed by atoms with E-state index >= 15 is 0 Å². The standard InChI is InChI=1S/C28H38O3/c1-3-5-6-7-8-9-10-11-12-23-31-27-21-17-25(18-22-27)14-13-24-15-19-26(20-16-24)28(29)30-4-2/h13-22H,3-12,23H2,1-2H3/b14-13+. The molecule has 0 aliphatic carbocycles. The summed E-state index contributed by atoms with van der Waals surface area (Å²) < 4.78 is 10.9. The fourth-order valence-electron chi connectivity index (χ4n) is 3.42. The predicted octanol–water partition coefficient (Wildman–Crippen LogP) is 7.94. The summed E-state index contributed by atoms with van der Waals surface area (Å²) in [6.07, 6.45) is 16.0. The van der Waals surface area contributed by atoms with Gasteiger partial charge in [-0.3, -0.25) is 0 Å². The molecular weight excluding hydrogens is 384 g/mol. The molecule has 0 unspecified atom stereocenters. The molecule has 0 aliphatic rings. The van der Waals surface area contributed by atoms with Crippen LogP contribution in [0.1, 0.15) is 93.1 Å². The van der Waals surface area contributed by atoms with Gasteiger partial charge in [0.15, 0.2) is 0 Å². The van der Waals surface area contributed by atoms with Crippen LogP contribution in [-0.2, 0) is 4.74 Å². The molecule has 0 atom stereocenters. The first-order valence-corrected chi connectivity index (χ1v) is 11.9. The van der Waals surface area contributed by atoms with Gasteiger partial charge in [-0.25, -0.2) is 4.79 Å². The molecule has 0 bridgehead atoms. The highest BCUT2D eigenvalue weighted by atomic mass is 16.5.